The van der Waals surface area contributed by atoms with E-state index in [2.05, 4.69) is 10.1 Å². The van der Waals surface area contributed by atoms with Crippen molar-refractivity contribution < 1.29 is 27.9 Å². The second kappa shape index (κ2) is 8.26. The molecule has 0 spiro atoms. The lowest BCUT2D eigenvalue weighted by Crippen LogP contribution is -2.45. The SMILES string of the molecule is Cc1ccc([N+](=O)[O-])c([C@H](c2ccc(OC(F)(F)F)cc2)N2CCNCC2)c1O. The van der Waals surface area contributed by atoms with E-state index in [4.69, 9.17) is 0 Å². The molecule has 0 unspecified atom stereocenters. The number of piperazine rings is 1. The normalized spacial score (nSPS) is 16.4. The van der Waals surface area contributed by atoms with E-state index in [9.17, 15) is 28.4 Å². The predicted octanol–water partition coefficient (Wildman–Crippen LogP) is 3.50. The van der Waals surface area contributed by atoms with Gasteiger partial charge in [0, 0.05) is 32.2 Å². The largest absolute Gasteiger partial charge is 0.573 e. The molecule has 1 fully saturated rings. The number of halogens is 3. The van der Waals surface area contributed by atoms with Crippen molar-refractivity contribution >= 4 is 5.69 Å². The van der Waals surface area contributed by atoms with Crippen molar-refractivity contribution in [1.82, 2.24) is 10.2 Å². The van der Waals surface area contributed by atoms with Crippen molar-refractivity contribution in [2.24, 2.45) is 0 Å². The Hall–Kier alpha value is -2.85. The van der Waals surface area contributed by atoms with Crippen LogP contribution in [0.15, 0.2) is 36.4 Å². The molecule has 1 saturated heterocycles. The number of alkyl halides is 3. The first-order chi connectivity index (χ1) is 13.7. The molecule has 1 atom stereocenters. The number of phenolic OH excluding ortho intramolecular Hbond substituents is 1. The Kier molecular flexibility index (Phi) is 5.94. The summed E-state index contributed by atoms with van der Waals surface area (Å²) >= 11 is 0. The van der Waals surface area contributed by atoms with Gasteiger partial charge in [-0.15, -0.1) is 13.2 Å². The molecule has 10 heteroatoms. The number of benzene rings is 2. The number of aromatic hydroxyl groups is 1. The van der Waals surface area contributed by atoms with Crippen LogP contribution in [0.2, 0.25) is 0 Å². The Morgan fingerprint density at radius 2 is 1.79 bits per heavy atom. The fourth-order valence-electron chi connectivity index (χ4n) is 3.49. The zero-order chi connectivity index (χ0) is 21.2. The Bertz CT molecular complexity index is 882. The highest BCUT2D eigenvalue weighted by Crippen LogP contribution is 2.42. The summed E-state index contributed by atoms with van der Waals surface area (Å²) < 4.78 is 41.3. The third-order valence-corrected chi connectivity index (χ3v) is 4.81. The lowest BCUT2D eigenvalue weighted by atomic mass is 9.92. The molecule has 2 N–H and O–H groups in total. The lowest BCUT2D eigenvalue weighted by molar-refractivity contribution is -0.386. The van der Waals surface area contributed by atoms with Crippen LogP contribution in [0.1, 0.15) is 22.7 Å². The monoisotopic (exact) mass is 411 g/mol. The van der Waals surface area contributed by atoms with Gasteiger partial charge < -0.3 is 15.2 Å². The molecule has 2 aromatic carbocycles. The molecule has 0 saturated carbocycles. The fourth-order valence-corrected chi connectivity index (χ4v) is 3.49. The van der Waals surface area contributed by atoms with E-state index in [1.807, 2.05) is 4.90 Å². The van der Waals surface area contributed by atoms with Gasteiger partial charge in [0.2, 0.25) is 0 Å². The Labute approximate surface area is 164 Å². The van der Waals surface area contributed by atoms with Gasteiger partial charge in [-0.2, -0.15) is 0 Å². The average Bonchev–Trinajstić information content (AvgIpc) is 2.66. The molecule has 156 valence electrons. The van der Waals surface area contributed by atoms with Gasteiger partial charge in [-0.1, -0.05) is 12.1 Å². The van der Waals surface area contributed by atoms with Crippen molar-refractivity contribution in [3.63, 3.8) is 0 Å². The minimum Gasteiger partial charge on any atom is -0.507 e. The van der Waals surface area contributed by atoms with Crippen LogP contribution in [0.25, 0.3) is 0 Å². The number of nitro groups is 1. The number of rotatable bonds is 5. The van der Waals surface area contributed by atoms with Gasteiger partial charge in [-0.05, 0) is 36.2 Å². The number of aryl methyl sites for hydroxylation is 1. The summed E-state index contributed by atoms with van der Waals surface area (Å²) in [6.07, 6.45) is -4.81. The Morgan fingerprint density at radius 1 is 1.17 bits per heavy atom. The molecule has 0 bridgehead atoms. The van der Waals surface area contributed by atoms with Crippen molar-refractivity contribution in [3.8, 4) is 11.5 Å². The summed E-state index contributed by atoms with van der Waals surface area (Å²) in [7, 11) is 0. The van der Waals surface area contributed by atoms with Gasteiger partial charge in [-0.25, -0.2) is 0 Å². The van der Waals surface area contributed by atoms with Gasteiger partial charge in [0.1, 0.15) is 11.5 Å². The van der Waals surface area contributed by atoms with Crippen LogP contribution >= 0.6 is 0 Å². The summed E-state index contributed by atoms with van der Waals surface area (Å²) in [4.78, 5) is 13.0. The summed E-state index contributed by atoms with van der Waals surface area (Å²) in [5, 5.41) is 25.5. The van der Waals surface area contributed by atoms with Crippen LogP contribution in [-0.4, -0.2) is 47.5 Å². The molecule has 0 aromatic heterocycles. The van der Waals surface area contributed by atoms with E-state index in [0.717, 1.165) is 12.1 Å². The minimum atomic E-state index is -4.81. The molecule has 29 heavy (non-hydrogen) atoms. The highest BCUT2D eigenvalue weighted by atomic mass is 19.4. The van der Waals surface area contributed by atoms with E-state index >= 15 is 0 Å². The lowest BCUT2D eigenvalue weighted by Gasteiger charge is -2.35. The van der Waals surface area contributed by atoms with E-state index < -0.39 is 17.3 Å². The number of ether oxygens (including phenoxy) is 1. The molecule has 1 heterocycles. The zero-order valence-electron chi connectivity index (χ0n) is 15.6. The number of nitrogens with one attached hydrogen (secondary N) is 1. The molecule has 3 rings (SSSR count). The third-order valence-electron chi connectivity index (χ3n) is 4.81. The molecule has 0 radical (unpaired) electrons. The number of nitro benzene ring substituents is 1. The van der Waals surface area contributed by atoms with Crippen LogP contribution in [0.4, 0.5) is 18.9 Å². The van der Waals surface area contributed by atoms with E-state index in [1.54, 1.807) is 6.92 Å². The van der Waals surface area contributed by atoms with Crippen molar-refractivity contribution in [2.45, 2.75) is 19.3 Å². The van der Waals surface area contributed by atoms with Gasteiger partial charge in [0.05, 0.1) is 16.5 Å². The predicted molar refractivity (Wildman–Crippen MR) is 98.9 cm³/mol. The maximum Gasteiger partial charge on any atom is 0.573 e. The topological polar surface area (TPSA) is 87.9 Å². The summed E-state index contributed by atoms with van der Waals surface area (Å²) in [5.74, 6) is -0.582. The van der Waals surface area contributed by atoms with E-state index in [1.165, 1.54) is 24.3 Å². The molecule has 7 nitrogen and oxygen atoms in total. The van der Waals surface area contributed by atoms with E-state index in [0.29, 0.717) is 37.3 Å². The molecule has 0 amide bonds. The zero-order valence-corrected chi connectivity index (χ0v) is 15.6. The first-order valence-electron chi connectivity index (χ1n) is 8.94. The second-order valence-corrected chi connectivity index (χ2v) is 6.73. The van der Waals surface area contributed by atoms with Crippen LogP contribution in [0.5, 0.6) is 11.5 Å². The quantitative estimate of drug-likeness (QED) is 0.578. The number of hydrogen-bond donors (Lipinski definition) is 2. The maximum atomic E-state index is 12.4. The van der Waals surface area contributed by atoms with Crippen LogP contribution < -0.4 is 10.1 Å². The molecule has 0 aliphatic carbocycles. The van der Waals surface area contributed by atoms with Gasteiger partial charge >= 0.3 is 6.36 Å². The van der Waals surface area contributed by atoms with Gasteiger partial charge in [-0.3, -0.25) is 15.0 Å². The number of phenols is 1. The molecule has 1 aliphatic rings. The van der Waals surface area contributed by atoms with Crippen LogP contribution in [-0.2, 0) is 0 Å². The number of nitrogens with zero attached hydrogens (tertiary/aromatic N) is 2. The summed E-state index contributed by atoms with van der Waals surface area (Å²) in [6.45, 7) is 4.03. The smallest absolute Gasteiger partial charge is 0.507 e. The van der Waals surface area contributed by atoms with Crippen molar-refractivity contribution in [1.29, 1.82) is 0 Å². The Morgan fingerprint density at radius 3 is 2.34 bits per heavy atom. The molecule has 2 aromatic rings. The van der Waals surface area contributed by atoms with Gasteiger partial charge in [0.15, 0.2) is 0 Å². The maximum absolute atomic E-state index is 12.4. The van der Waals surface area contributed by atoms with Crippen LogP contribution in [0, 0.1) is 17.0 Å². The molecular weight excluding hydrogens is 391 g/mol. The van der Waals surface area contributed by atoms with Gasteiger partial charge in [0.25, 0.3) is 5.69 Å². The summed E-state index contributed by atoms with van der Waals surface area (Å²) in [5.41, 5.74) is 0.877. The highest BCUT2D eigenvalue weighted by molar-refractivity contribution is 5.57. The average molecular weight is 411 g/mol. The Balaban J connectivity index is 2.10. The first kappa shape index (κ1) is 20.9. The van der Waals surface area contributed by atoms with Crippen LogP contribution in [0.3, 0.4) is 0 Å². The third kappa shape index (κ3) is 4.77. The second-order valence-electron chi connectivity index (χ2n) is 6.73. The highest BCUT2D eigenvalue weighted by Gasteiger charge is 2.34. The number of hydrogen-bond acceptors (Lipinski definition) is 6. The fraction of sp³-hybridized carbons (Fsp3) is 0.368. The first-order valence-corrected chi connectivity index (χ1v) is 8.94. The van der Waals surface area contributed by atoms with Crippen molar-refractivity contribution in [2.75, 3.05) is 26.2 Å². The standard InChI is InChI=1S/C19H20F3N3O4/c1-12-2-7-15(25(27)28)16(18(12)26)17(24-10-8-23-9-11-24)13-3-5-14(6-4-13)29-19(20,21)22/h2-7,17,23,26H,8-11H2,1H3/t17-/m0/s1. The summed E-state index contributed by atoms with van der Waals surface area (Å²) in [6, 6.07) is 7.29. The van der Waals surface area contributed by atoms with Crippen molar-refractivity contribution in [3.05, 3.63) is 63.2 Å². The minimum absolute atomic E-state index is 0.126. The molecular formula is C19H20F3N3O4. The molecule has 1 aliphatic heterocycles. The van der Waals surface area contributed by atoms with E-state index in [-0.39, 0.29) is 22.7 Å².